The van der Waals surface area contributed by atoms with E-state index < -0.39 is 6.10 Å². The van der Waals surface area contributed by atoms with Crippen LogP contribution in [0.25, 0.3) is 11.1 Å². The average Bonchev–Trinajstić information content (AvgIpc) is 2.53. The summed E-state index contributed by atoms with van der Waals surface area (Å²) < 4.78 is 2.33. The van der Waals surface area contributed by atoms with Crippen molar-refractivity contribution in [1.82, 2.24) is 0 Å². The van der Waals surface area contributed by atoms with Crippen molar-refractivity contribution in [2.75, 3.05) is 0 Å². The van der Waals surface area contributed by atoms with Crippen molar-refractivity contribution in [3.8, 4) is 11.1 Å². The molecule has 1 nitrogen and oxygen atoms in total. The standard InChI is InChI=1S/C13H8I2O/c14-7-1-3-9-10-4-2-8(15)6-12(10)13(16)11(9)5-7/h1-6,13,16H. The summed E-state index contributed by atoms with van der Waals surface area (Å²) in [6.45, 7) is 0. The van der Waals surface area contributed by atoms with Crippen LogP contribution in [0.3, 0.4) is 0 Å². The average molecular weight is 434 g/mol. The largest absolute Gasteiger partial charge is 0.384 e. The molecule has 0 radical (unpaired) electrons. The first-order valence-electron chi connectivity index (χ1n) is 4.94. The molecule has 1 N–H and O–H groups in total. The lowest BCUT2D eigenvalue weighted by Crippen LogP contribution is -1.94. The minimum atomic E-state index is -0.463. The second-order valence-electron chi connectivity index (χ2n) is 3.87. The molecular formula is C13H8I2O. The fraction of sp³-hybridized carbons (Fsp3) is 0.0769. The minimum Gasteiger partial charge on any atom is -0.384 e. The summed E-state index contributed by atoms with van der Waals surface area (Å²) >= 11 is 4.55. The molecule has 1 aliphatic rings. The van der Waals surface area contributed by atoms with Gasteiger partial charge in [0.1, 0.15) is 6.10 Å². The van der Waals surface area contributed by atoms with Crippen LogP contribution in [0.1, 0.15) is 17.2 Å². The van der Waals surface area contributed by atoms with Gasteiger partial charge in [-0.15, -0.1) is 0 Å². The molecule has 0 spiro atoms. The third-order valence-electron chi connectivity index (χ3n) is 2.91. The zero-order valence-corrected chi connectivity index (χ0v) is 12.6. The fourth-order valence-corrected chi connectivity index (χ4v) is 3.21. The summed E-state index contributed by atoms with van der Waals surface area (Å²) in [6.07, 6.45) is -0.463. The van der Waals surface area contributed by atoms with Crippen molar-refractivity contribution in [3.63, 3.8) is 0 Å². The Labute approximate surface area is 121 Å². The van der Waals surface area contributed by atoms with Gasteiger partial charge in [0, 0.05) is 7.14 Å². The molecule has 0 heterocycles. The predicted molar refractivity (Wildman–Crippen MR) is 81.4 cm³/mol. The van der Waals surface area contributed by atoms with Crippen LogP contribution in [-0.4, -0.2) is 5.11 Å². The maximum atomic E-state index is 10.3. The van der Waals surface area contributed by atoms with Gasteiger partial charge in [-0.2, -0.15) is 0 Å². The number of aliphatic hydroxyl groups excluding tert-OH is 1. The van der Waals surface area contributed by atoms with Crippen molar-refractivity contribution in [2.24, 2.45) is 0 Å². The first kappa shape index (κ1) is 11.0. The molecule has 0 amide bonds. The van der Waals surface area contributed by atoms with Gasteiger partial charge in [0.2, 0.25) is 0 Å². The van der Waals surface area contributed by atoms with Crippen molar-refractivity contribution < 1.29 is 5.11 Å². The van der Waals surface area contributed by atoms with Crippen LogP contribution in [0.2, 0.25) is 0 Å². The van der Waals surface area contributed by atoms with Crippen LogP contribution in [0, 0.1) is 7.14 Å². The zero-order valence-electron chi connectivity index (χ0n) is 8.24. The molecule has 0 bridgehead atoms. The number of aliphatic hydroxyl groups is 1. The fourth-order valence-electron chi connectivity index (χ4n) is 2.18. The molecule has 0 saturated heterocycles. The highest BCUT2D eigenvalue weighted by atomic mass is 127. The lowest BCUT2D eigenvalue weighted by Gasteiger charge is -2.05. The summed E-state index contributed by atoms with van der Waals surface area (Å²) in [5.41, 5.74) is 4.39. The summed E-state index contributed by atoms with van der Waals surface area (Å²) in [7, 11) is 0. The summed E-state index contributed by atoms with van der Waals surface area (Å²) in [6, 6.07) is 12.5. The van der Waals surface area contributed by atoms with E-state index in [-0.39, 0.29) is 0 Å². The molecule has 0 atom stereocenters. The Bertz CT molecular complexity index is 527. The number of rotatable bonds is 0. The molecule has 3 heteroatoms. The molecule has 0 aromatic heterocycles. The van der Waals surface area contributed by atoms with Crippen molar-refractivity contribution in [1.29, 1.82) is 0 Å². The Morgan fingerprint density at radius 1 is 0.812 bits per heavy atom. The van der Waals surface area contributed by atoms with Crippen LogP contribution in [0.5, 0.6) is 0 Å². The molecule has 0 saturated carbocycles. The van der Waals surface area contributed by atoms with Crippen LogP contribution in [0.15, 0.2) is 36.4 Å². The van der Waals surface area contributed by atoms with Gasteiger partial charge in [-0.25, -0.2) is 0 Å². The molecule has 2 aromatic carbocycles. The molecule has 3 rings (SSSR count). The quantitative estimate of drug-likeness (QED) is 0.623. The lowest BCUT2D eigenvalue weighted by molar-refractivity contribution is 0.225. The Morgan fingerprint density at radius 2 is 1.25 bits per heavy atom. The molecule has 80 valence electrons. The highest BCUT2D eigenvalue weighted by Gasteiger charge is 2.26. The van der Waals surface area contributed by atoms with E-state index in [0.717, 1.165) is 18.3 Å². The smallest absolute Gasteiger partial charge is 0.105 e. The first-order valence-corrected chi connectivity index (χ1v) is 7.10. The highest BCUT2D eigenvalue weighted by Crippen LogP contribution is 2.44. The van der Waals surface area contributed by atoms with E-state index in [2.05, 4.69) is 81.6 Å². The van der Waals surface area contributed by atoms with Gasteiger partial charge >= 0.3 is 0 Å². The molecule has 0 fully saturated rings. The van der Waals surface area contributed by atoms with E-state index in [1.54, 1.807) is 0 Å². The van der Waals surface area contributed by atoms with Crippen molar-refractivity contribution >= 4 is 45.2 Å². The zero-order chi connectivity index (χ0) is 11.3. The number of halogens is 2. The Balaban J connectivity index is 2.30. The third kappa shape index (κ3) is 1.60. The third-order valence-corrected chi connectivity index (χ3v) is 4.25. The van der Waals surface area contributed by atoms with Crippen LogP contribution in [0.4, 0.5) is 0 Å². The Hall–Kier alpha value is -0.140. The molecule has 2 aromatic rings. The van der Waals surface area contributed by atoms with E-state index in [0.29, 0.717) is 0 Å². The van der Waals surface area contributed by atoms with Crippen molar-refractivity contribution in [2.45, 2.75) is 6.10 Å². The van der Waals surface area contributed by atoms with E-state index in [1.165, 1.54) is 11.1 Å². The van der Waals surface area contributed by atoms with Crippen LogP contribution in [-0.2, 0) is 0 Å². The van der Waals surface area contributed by atoms with Crippen molar-refractivity contribution in [3.05, 3.63) is 54.7 Å². The van der Waals surface area contributed by atoms with E-state index in [9.17, 15) is 5.11 Å². The van der Waals surface area contributed by atoms with Gasteiger partial charge in [0.05, 0.1) is 0 Å². The first-order chi connectivity index (χ1) is 7.66. The maximum absolute atomic E-state index is 10.3. The molecule has 16 heavy (non-hydrogen) atoms. The Morgan fingerprint density at radius 3 is 1.69 bits per heavy atom. The number of fused-ring (bicyclic) bond motifs is 3. The van der Waals surface area contributed by atoms with Crippen LogP contribution < -0.4 is 0 Å². The van der Waals surface area contributed by atoms with Gasteiger partial charge in [0.15, 0.2) is 0 Å². The lowest BCUT2D eigenvalue weighted by atomic mass is 10.1. The molecule has 0 unspecified atom stereocenters. The summed E-state index contributed by atoms with van der Waals surface area (Å²) in [4.78, 5) is 0. The van der Waals surface area contributed by atoms with E-state index in [1.807, 2.05) is 0 Å². The highest BCUT2D eigenvalue weighted by molar-refractivity contribution is 14.1. The molecule has 1 aliphatic carbocycles. The molecule has 0 aliphatic heterocycles. The second kappa shape index (κ2) is 3.96. The maximum Gasteiger partial charge on any atom is 0.105 e. The molecular weight excluding hydrogens is 426 g/mol. The van der Waals surface area contributed by atoms with Crippen LogP contribution >= 0.6 is 45.2 Å². The van der Waals surface area contributed by atoms with Gasteiger partial charge < -0.3 is 5.11 Å². The van der Waals surface area contributed by atoms with E-state index in [4.69, 9.17) is 0 Å². The number of hydrogen-bond acceptors (Lipinski definition) is 1. The van der Waals surface area contributed by atoms with Gasteiger partial charge in [0.25, 0.3) is 0 Å². The second-order valence-corrected chi connectivity index (χ2v) is 6.36. The number of benzene rings is 2. The summed E-state index contributed by atoms with van der Waals surface area (Å²) in [5, 5.41) is 10.3. The number of hydrogen-bond donors (Lipinski definition) is 1. The summed E-state index contributed by atoms with van der Waals surface area (Å²) in [5.74, 6) is 0. The predicted octanol–water partition coefficient (Wildman–Crippen LogP) is 3.96. The van der Waals surface area contributed by atoms with Gasteiger partial charge in [-0.3, -0.25) is 0 Å². The SMILES string of the molecule is OC1c2cc(I)ccc2-c2ccc(I)cc21. The normalized spacial score (nSPS) is 13.7. The monoisotopic (exact) mass is 434 g/mol. The van der Waals surface area contributed by atoms with Gasteiger partial charge in [-0.1, -0.05) is 12.1 Å². The van der Waals surface area contributed by atoms with Gasteiger partial charge in [-0.05, 0) is 91.7 Å². The Kier molecular flexibility index (Phi) is 2.72. The van der Waals surface area contributed by atoms with E-state index >= 15 is 0 Å². The topological polar surface area (TPSA) is 20.2 Å². The minimum absolute atomic E-state index is 0.463.